The summed E-state index contributed by atoms with van der Waals surface area (Å²) in [5.41, 5.74) is -0.121. The first kappa shape index (κ1) is 16.7. The van der Waals surface area contributed by atoms with E-state index in [1.807, 2.05) is 0 Å². The van der Waals surface area contributed by atoms with E-state index < -0.39 is 35.9 Å². The topological polar surface area (TPSA) is 128 Å². The highest BCUT2D eigenvalue weighted by atomic mass is 16.6. The van der Waals surface area contributed by atoms with E-state index in [1.165, 1.54) is 12.1 Å². The normalized spacial score (nSPS) is 15.8. The first-order valence-corrected chi connectivity index (χ1v) is 7.60. The molecule has 2 aliphatic rings. The summed E-state index contributed by atoms with van der Waals surface area (Å²) in [6.45, 7) is -1.19. The van der Waals surface area contributed by atoms with Crippen molar-refractivity contribution in [3.05, 3.63) is 28.3 Å². The van der Waals surface area contributed by atoms with Crippen LogP contribution in [0.2, 0.25) is 0 Å². The summed E-state index contributed by atoms with van der Waals surface area (Å²) in [4.78, 5) is 46.8. The third-order valence-electron chi connectivity index (χ3n) is 3.69. The van der Waals surface area contributed by atoms with Gasteiger partial charge in [-0.2, -0.15) is 0 Å². The summed E-state index contributed by atoms with van der Waals surface area (Å²) in [5.74, 6) is -1.48. The largest absolute Gasteiger partial charge is 0.482 e. The molecule has 25 heavy (non-hydrogen) atoms. The molecule has 1 aliphatic heterocycles. The van der Waals surface area contributed by atoms with Gasteiger partial charge in [-0.1, -0.05) is 0 Å². The Balaban J connectivity index is 1.65. The summed E-state index contributed by atoms with van der Waals surface area (Å²) in [5, 5.41) is 13.6. The molecule has 10 nitrogen and oxygen atoms in total. The molecule has 10 heteroatoms. The van der Waals surface area contributed by atoms with Gasteiger partial charge in [0, 0.05) is 18.2 Å². The molecule has 0 atom stereocenters. The lowest BCUT2D eigenvalue weighted by molar-refractivity contribution is -0.384. The van der Waals surface area contributed by atoms with Gasteiger partial charge >= 0.3 is 5.97 Å². The van der Waals surface area contributed by atoms with E-state index in [0.717, 1.165) is 23.8 Å². The Bertz CT molecular complexity index is 745. The van der Waals surface area contributed by atoms with Gasteiger partial charge in [-0.25, -0.2) is 0 Å². The molecule has 0 bridgehead atoms. The second kappa shape index (κ2) is 6.75. The van der Waals surface area contributed by atoms with E-state index in [-0.39, 0.29) is 29.8 Å². The SMILES string of the molecule is O=C(COC(=O)CN1C(=O)COc2ccc([N+](=O)[O-])cc21)NC1CC1. The van der Waals surface area contributed by atoms with Crippen LogP contribution in [0.4, 0.5) is 11.4 Å². The summed E-state index contributed by atoms with van der Waals surface area (Å²) in [6.07, 6.45) is 1.83. The van der Waals surface area contributed by atoms with Crippen molar-refractivity contribution < 1.29 is 28.8 Å². The Labute approximate surface area is 141 Å². The number of nitro groups is 1. The van der Waals surface area contributed by atoms with Gasteiger partial charge in [-0.3, -0.25) is 29.4 Å². The lowest BCUT2D eigenvalue weighted by Crippen LogP contribution is -2.43. The van der Waals surface area contributed by atoms with E-state index in [1.54, 1.807) is 0 Å². The molecule has 2 amide bonds. The van der Waals surface area contributed by atoms with Crippen LogP contribution in [-0.2, 0) is 19.1 Å². The van der Waals surface area contributed by atoms with Gasteiger partial charge in [0.15, 0.2) is 13.2 Å². The van der Waals surface area contributed by atoms with Crippen molar-refractivity contribution in [1.82, 2.24) is 5.32 Å². The molecule has 1 fully saturated rings. The molecule has 1 saturated carbocycles. The monoisotopic (exact) mass is 349 g/mol. The van der Waals surface area contributed by atoms with E-state index in [4.69, 9.17) is 9.47 Å². The number of hydrogen-bond acceptors (Lipinski definition) is 7. The highest BCUT2D eigenvalue weighted by Crippen LogP contribution is 2.35. The molecule has 0 unspecified atom stereocenters. The Hall–Kier alpha value is -3.17. The minimum Gasteiger partial charge on any atom is -0.482 e. The maximum absolute atomic E-state index is 12.0. The molecular weight excluding hydrogens is 334 g/mol. The van der Waals surface area contributed by atoms with Crippen molar-refractivity contribution in [3.8, 4) is 5.75 Å². The maximum Gasteiger partial charge on any atom is 0.326 e. The number of nitrogens with one attached hydrogen (secondary N) is 1. The number of amides is 2. The van der Waals surface area contributed by atoms with Crippen molar-refractivity contribution >= 4 is 29.2 Å². The number of esters is 1. The molecule has 1 aromatic rings. The second-order valence-electron chi connectivity index (χ2n) is 5.68. The van der Waals surface area contributed by atoms with Crippen molar-refractivity contribution in [1.29, 1.82) is 0 Å². The van der Waals surface area contributed by atoms with E-state index in [2.05, 4.69) is 5.32 Å². The number of non-ortho nitro benzene ring substituents is 1. The fourth-order valence-corrected chi connectivity index (χ4v) is 2.30. The van der Waals surface area contributed by atoms with E-state index in [0.29, 0.717) is 0 Å². The average molecular weight is 349 g/mol. The molecule has 0 radical (unpaired) electrons. The van der Waals surface area contributed by atoms with Crippen LogP contribution >= 0.6 is 0 Å². The van der Waals surface area contributed by atoms with Crippen LogP contribution in [0.25, 0.3) is 0 Å². The lowest BCUT2D eigenvalue weighted by Gasteiger charge is -2.28. The first-order chi connectivity index (χ1) is 11.9. The van der Waals surface area contributed by atoms with Gasteiger partial charge in [0.2, 0.25) is 0 Å². The molecule has 1 N–H and O–H groups in total. The Kier molecular flexibility index (Phi) is 4.50. The molecule has 0 aromatic heterocycles. The number of fused-ring (bicyclic) bond motifs is 1. The van der Waals surface area contributed by atoms with Crippen molar-refractivity contribution in [2.75, 3.05) is 24.7 Å². The number of hydrogen-bond donors (Lipinski definition) is 1. The van der Waals surface area contributed by atoms with Crippen LogP contribution in [0.1, 0.15) is 12.8 Å². The Morgan fingerprint density at radius 3 is 2.84 bits per heavy atom. The summed E-state index contributed by atoms with van der Waals surface area (Å²) < 4.78 is 10.1. The zero-order valence-corrected chi connectivity index (χ0v) is 13.1. The predicted octanol–water partition coefficient (Wildman–Crippen LogP) is 0.142. The smallest absolute Gasteiger partial charge is 0.326 e. The molecule has 132 valence electrons. The fourth-order valence-electron chi connectivity index (χ4n) is 2.30. The number of ether oxygens (including phenoxy) is 2. The number of rotatable bonds is 6. The number of nitro benzene ring substituents is 1. The van der Waals surface area contributed by atoms with Gasteiger partial charge in [-0.05, 0) is 18.9 Å². The molecule has 1 heterocycles. The first-order valence-electron chi connectivity index (χ1n) is 7.60. The number of benzene rings is 1. The zero-order chi connectivity index (χ0) is 18.0. The molecule has 1 aliphatic carbocycles. The Morgan fingerprint density at radius 1 is 1.40 bits per heavy atom. The summed E-state index contributed by atoms with van der Waals surface area (Å²) in [6, 6.07) is 3.91. The van der Waals surface area contributed by atoms with Crippen molar-refractivity contribution in [3.63, 3.8) is 0 Å². The number of carbonyl (C=O) groups excluding carboxylic acids is 3. The molecule has 1 aromatic carbocycles. The third-order valence-corrected chi connectivity index (χ3v) is 3.69. The standard InChI is InChI=1S/C15H15N3O7/c19-13(16-9-1-2-9)7-25-15(21)6-17-11-5-10(18(22)23)3-4-12(11)24-8-14(17)20/h3-5,9H,1-2,6-8H2,(H,16,19). The van der Waals surface area contributed by atoms with Gasteiger partial charge in [0.05, 0.1) is 10.6 Å². The average Bonchev–Trinajstić information content (AvgIpc) is 3.39. The Morgan fingerprint density at radius 2 is 2.16 bits per heavy atom. The highest BCUT2D eigenvalue weighted by molar-refractivity contribution is 6.01. The quantitative estimate of drug-likeness (QED) is 0.439. The van der Waals surface area contributed by atoms with Gasteiger partial charge in [0.1, 0.15) is 12.3 Å². The molecule has 0 spiro atoms. The number of nitrogens with zero attached hydrogens (tertiary/aromatic N) is 2. The van der Waals surface area contributed by atoms with Crippen LogP contribution in [0.5, 0.6) is 5.75 Å². The van der Waals surface area contributed by atoms with E-state index in [9.17, 15) is 24.5 Å². The number of anilines is 1. The van der Waals surface area contributed by atoms with Gasteiger partial charge in [0.25, 0.3) is 17.5 Å². The van der Waals surface area contributed by atoms with Crippen LogP contribution in [-0.4, -0.2) is 48.5 Å². The second-order valence-corrected chi connectivity index (χ2v) is 5.68. The minimum atomic E-state index is -0.793. The van der Waals surface area contributed by atoms with Crippen LogP contribution in [0.3, 0.4) is 0 Å². The minimum absolute atomic E-state index is 0.116. The molecule has 0 saturated heterocycles. The zero-order valence-electron chi connectivity index (χ0n) is 13.1. The number of carbonyl (C=O) groups is 3. The summed E-state index contributed by atoms with van der Waals surface area (Å²) >= 11 is 0. The highest BCUT2D eigenvalue weighted by Gasteiger charge is 2.30. The van der Waals surface area contributed by atoms with Crippen molar-refractivity contribution in [2.24, 2.45) is 0 Å². The van der Waals surface area contributed by atoms with Gasteiger partial charge < -0.3 is 14.8 Å². The fraction of sp³-hybridized carbons (Fsp3) is 0.400. The lowest BCUT2D eigenvalue weighted by atomic mass is 10.2. The maximum atomic E-state index is 12.0. The van der Waals surface area contributed by atoms with Gasteiger partial charge in [-0.15, -0.1) is 0 Å². The van der Waals surface area contributed by atoms with E-state index >= 15 is 0 Å². The third kappa shape index (κ3) is 4.03. The predicted molar refractivity (Wildman–Crippen MR) is 83.1 cm³/mol. The van der Waals surface area contributed by atoms with Crippen LogP contribution in [0, 0.1) is 10.1 Å². The van der Waals surface area contributed by atoms with Crippen LogP contribution < -0.4 is 15.0 Å². The van der Waals surface area contributed by atoms with Crippen molar-refractivity contribution in [2.45, 2.75) is 18.9 Å². The molecular formula is C15H15N3O7. The summed E-state index contributed by atoms with van der Waals surface area (Å²) in [7, 11) is 0. The molecule has 3 rings (SSSR count). The van der Waals surface area contributed by atoms with Crippen LogP contribution in [0.15, 0.2) is 18.2 Å².